The Labute approximate surface area is 148 Å². The Hall–Kier alpha value is -0.880. The summed E-state index contributed by atoms with van der Waals surface area (Å²) < 4.78 is 1.54. The number of oxime groups is 1. The van der Waals surface area contributed by atoms with Crippen molar-refractivity contribution in [2.24, 2.45) is 5.16 Å². The number of benzene rings is 2. The zero-order valence-corrected chi connectivity index (χ0v) is 15.1. The number of carbonyl (C=O) groups is 1. The molecule has 7 heteroatoms. The van der Waals surface area contributed by atoms with Crippen molar-refractivity contribution in [3.8, 4) is 0 Å². The molecule has 21 heavy (non-hydrogen) atoms. The Morgan fingerprint density at radius 2 is 1.43 bits per heavy atom. The van der Waals surface area contributed by atoms with E-state index in [1.807, 2.05) is 0 Å². The molecule has 0 aliphatic carbocycles. The highest BCUT2D eigenvalue weighted by molar-refractivity contribution is 9.10. The second-order valence-electron chi connectivity index (χ2n) is 3.71. The van der Waals surface area contributed by atoms with Gasteiger partial charge in [0.05, 0.1) is 16.3 Å². The predicted molar refractivity (Wildman–Crippen MR) is 93.1 cm³/mol. The molecule has 0 radical (unpaired) electrons. The van der Waals surface area contributed by atoms with Crippen LogP contribution in [0.15, 0.2) is 50.5 Å². The minimum Gasteiger partial charge on any atom is -0.411 e. The quantitative estimate of drug-likeness (QED) is 0.269. The maximum absolute atomic E-state index is 10.2. The number of halogens is 4. The Kier molecular flexibility index (Phi) is 7.96. The van der Waals surface area contributed by atoms with Crippen LogP contribution in [0.3, 0.4) is 0 Å². The molecule has 1 N–H and O–H groups in total. The van der Waals surface area contributed by atoms with Crippen LogP contribution in [0.4, 0.5) is 0 Å². The first-order chi connectivity index (χ1) is 9.97. The van der Waals surface area contributed by atoms with Crippen LogP contribution in [0.2, 0.25) is 10.0 Å². The number of rotatable bonds is 2. The van der Waals surface area contributed by atoms with Crippen molar-refractivity contribution in [3.63, 3.8) is 0 Å². The van der Waals surface area contributed by atoms with Crippen LogP contribution in [0, 0.1) is 0 Å². The van der Waals surface area contributed by atoms with Gasteiger partial charge in [0.2, 0.25) is 0 Å². The lowest BCUT2D eigenvalue weighted by Gasteiger charge is -1.95. The molecule has 0 aromatic heterocycles. The lowest BCUT2D eigenvalue weighted by Crippen LogP contribution is -1.80. The van der Waals surface area contributed by atoms with Crippen LogP contribution in [-0.4, -0.2) is 17.7 Å². The van der Waals surface area contributed by atoms with Crippen molar-refractivity contribution in [1.29, 1.82) is 0 Å². The molecular formula is C14H9Br2Cl2NO2. The third-order valence-electron chi connectivity index (χ3n) is 2.23. The molecule has 0 heterocycles. The highest BCUT2D eigenvalue weighted by Crippen LogP contribution is 2.23. The van der Waals surface area contributed by atoms with Crippen molar-refractivity contribution in [1.82, 2.24) is 0 Å². The first-order valence-electron chi connectivity index (χ1n) is 5.50. The van der Waals surface area contributed by atoms with Crippen molar-refractivity contribution in [2.45, 2.75) is 0 Å². The van der Waals surface area contributed by atoms with Crippen molar-refractivity contribution in [2.75, 3.05) is 0 Å². The summed E-state index contributed by atoms with van der Waals surface area (Å²) in [4.78, 5) is 10.2. The Balaban J connectivity index is 0.000000211. The van der Waals surface area contributed by atoms with Crippen molar-refractivity contribution in [3.05, 3.63) is 66.5 Å². The number of hydrogen-bond acceptors (Lipinski definition) is 3. The van der Waals surface area contributed by atoms with Crippen LogP contribution >= 0.6 is 55.1 Å². The van der Waals surface area contributed by atoms with E-state index in [-0.39, 0.29) is 0 Å². The molecule has 2 rings (SSSR count). The number of carbonyl (C=O) groups excluding carboxylic acids is 1. The molecule has 0 bridgehead atoms. The van der Waals surface area contributed by atoms with Gasteiger partial charge in [-0.25, -0.2) is 0 Å². The van der Waals surface area contributed by atoms with E-state index in [0.717, 1.165) is 20.8 Å². The SMILES string of the molecule is O/N=C/c1ccc(Cl)c(Br)c1.O=Cc1ccc(Cl)c(Br)c1. The van der Waals surface area contributed by atoms with Gasteiger partial charge in [0.15, 0.2) is 0 Å². The van der Waals surface area contributed by atoms with Crippen LogP contribution in [0.1, 0.15) is 15.9 Å². The highest BCUT2D eigenvalue weighted by atomic mass is 79.9. The fraction of sp³-hybridized carbons (Fsp3) is 0. The first-order valence-corrected chi connectivity index (χ1v) is 7.85. The van der Waals surface area contributed by atoms with Crippen LogP contribution in [0.25, 0.3) is 0 Å². The third kappa shape index (κ3) is 6.18. The van der Waals surface area contributed by atoms with Gasteiger partial charge < -0.3 is 5.21 Å². The molecule has 0 unspecified atom stereocenters. The van der Waals surface area contributed by atoms with Gasteiger partial charge in [-0.3, -0.25) is 4.79 Å². The highest BCUT2D eigenvalue weighted by Gasteiger charge is 1.96. The Morgan fingerprint density at radius 1 is 0.952 bits per heavy atom. The zero-order valence-electron chi connectivity index (χ0n) is 10.4. The molecule has 2 aromatic rings. The average Bonchev–Trinajstić information content (AvgIpc) is 2.47. The van der Waals surface area contributed by atoms with Crippen molar-refractivity contribution < 1.29 is 10.0 Å². The summed E-state index contributed by atoms with van der Waals surface area (Å²) in [5.74, 6) is 0. The molecule has 2 aromatic carbocycles. The predicted octanol–water partition coefficient (Wildman–Crippen LogP) is 5.83. The summed E-state index contributed by atoms with van der Waals surface area (Å²) >= 11 is 17.8. The molecule has 0 aliphatic heterocycles. The molecule has 0 saturated carbocycles. The summed E-state index contributed by atoms with van der Waals surface area (Å²) in [7, 11) is 0. The zero-order chi connectivity index (χ0) is 15.8. The summed E-state index contributed by atoms with van der Waals surface area (Å²) in [5.41, 5.74) is 1.42. The molecule has 3 nitrogen and oxygen atoms in total. The minimum atomic E-state index is 0.616. The normalized spacial score (nSPS) is 10.1. The number of hydrogen-bond donors (Lipinski definition) is 1. The van der Waals surface area contributed by atoms with Gasteiger partial charge in [0, 0.05) is 14.5 Å². The van der Waals surface area contributed by atoms with E-state index in [2.05, 4.69) is 37.0 Å². The van der Waals surface area contributed by atoms with Gasteiger partial charge in [-0.05, 0) is 61.7 Å². The summed E-state index contributed by atoms with van der Waals surface area (Å²) in [5, 5.41) is 12.3. The Morgan fingerprint density at radius 3 is 1.86 bits per heavy atom. The molecule has 0 fully saturated rings. The molecule has 0 spiro atoms. The number of aldehydes is 1. The molecule has 0 saturated heterocycles. The molecule has 0 atom stereocenters. The fourth-order valence-corrected chi connectivity index (χ4v) is 2.27. The first kappa shape index (κ1) is 18.2. The molecule has 0 aliphatic rings. The van der Waals surface area contributed by atoms with Crippen LogP contribution in [-0.2, 0) is 0 Å². The van der Waals surface area contributed by atoms with Gasteiger partial charge in [0.25, 0.3) is 0 Å². The van der Waals surface area contributed by atoms with Gasteiger partial charge >= 0.3 is 0 Å². The Bertz CT molecular complexity index is 663. The van der Waals surface area contributed by atoms with Crippen LogP contribution < -0.4 is 0 Å². The topological polar surface area (TPSA) is 49.7 Å². The van der Waals surface area contributed by atoms with E-state index in [9.17, 15) is 4.79 Å². The van der Waals surface area contributed by atoms with Gasteiger partial charge in [-0.1, -0.05) is 40.5 Å². The molecule has 0 amide bonds. The molecular weight excluding hydrogens is 445 g/mol. The van der Waals surface area contributed by atoms with E-state index in [0.29, 0.717) is 15.6 Å². The van der Waals surface area contributed by atoms with E-state index >= 15 is 0 Å². The second-order valence-corrected chi connectivity index (χ2v) is 6.23. The summed E-state index contributed by atoms with van der Waals surface area (Å²) in [6.45, 7) is 0. The summed E-state index contributed by atoms with van der Waals surface area (Å²) in [6.07, 6.45) is 2.11. The number of nitrogens with zero attached hydrogens (tertiary/aromatic N) is 1. The van der Waals surface area contributed by atoms with Gasteiger partial charge in [-0.2, -0.15) is 0 Å². The van der Waals surface area contributed by atoms with E-state index in [1.54, 1.807) is 36.4 Å². The van der Waals surface area contributed by atoms with E-state index in [1.165, 1.54) is 6.21 Å². The van der Waals surface area contributed by atoms with Crippen LogP contribution in [0.5, 0.6) is 0 Å². The van der Waals surface area contributed by atoms with Gasteiger partial charge in [0.1, 0.15) is 6.29 Å². The van der Waals surface area contributed by atoms with Crippen molar-refractivity contribution >= 4 is 67.6 Å². The van der Waals surface area contributed by atoms with Gasteiger partial charge in [-0.15, -0.1) is 0 Å². The minimum absolute atomic E-state index is 0.616. The third-order valence-corrected chi connectivity index (χ3v) is 4.66. The standard InChI is InChI=1S/C7H5BrClNO.C7H4BrClO/c8-6-3-5(4-10-11)1-2-7(6)9;8-6-3-5(4-10)1-2-7(6)9/h1-4,11H;1-4H/b10-4+;. The lowest BCUT2D eigenvalue weighted by molar-refractivity contribution is 0.112. The summed E-state index contributed by atoms with van der Waals surface area (Å²) in [6, 6.07) is 10.3. The smallest absolute Gasteiger partial charge is 0.150 e. The second kappa shape index (κ2) is 9.20. The lowest BCUT2D eigenvalue weighted by atomic mass is 10.2. The van der Waals surface area contributed by atoms with E-state index < -0.39 is 0 Å². The largest absolute Gasteiger partial charge is 0.411 e. The maximum Gasteiger partial charge on any atom is 0.150 e. The monoisotopic (exact) mass is 451 g/mol. The fourth-order valence-electron chi connectivity index (χ4n) is 1.25. The van der Waals surface area contributed by atoms with E-state index in [4.69, 9.17) is 28.4 Å². The molecule has 110 valence electrons. The maximum atomic E-state index is 10.2. The average molecular weight is 454 g/mol.